The number of carboxylic acid groups (broad SMARTS) is 1. The molecule has 2 N–H and O–H groups in total. The highest BCUT2D eigenvalue weighted by molar-refractivity contribution is 9.10. The Hall–Kier alpha value is -1.07. The van der Waals surface area contributed by atoms with Gasteiger partial charge in [0.05, 0.1) is 4.47 Å². The van der Waals surface area contributed by atoms with Gasteiger partial charge in [-0.05, 0) is 54.1 Å². The van der Waals surface area contributed by atoms with Gasteiger partial charge in [-0.2, -0.15) is 0 Å². The van der Waals surface area contributed by atoms with Crippen molar-refractivity contribution in [3.8, 4) is 5.75 Å². The summed E-state index contributed by atoms with van der Waals surface area (Å²) in [6.45, 7) is 0. The van der Waals surface area contributed by atoms with Gasteiger partial charge in [0.25, 0.3) is 0 Å². The lowest BCUT2D eigenvalue weighted by atomic mass is 10.1. The van der Waals surface area contributed by atoms with E-state index in [0.29, 0.717) is 10.9 Å². The molecule has 0 spiro atoms. The molecule has 88 valence electrons. The highest BCUT2D eigenvalue weighted by Gasteiger charge is 2.20. The van der Waals surface area contributed by atoms with Gasteiger partial charge in [0.15, 0.2) is 0 Å². The van der Waals surface area contributed by atoms with E-state index in [1.54, 1.807) is 37.2 Å². The van der Waals surface area contributed by atoms with Crippen molar-refractivity contribution in [2.24, 2.45) is 0 Å². The number of aromatic hydroxyl groups is 1. The van der Waals surface area contributed by atoms with Crippen molar-refractivity contribution in [2.75, 3.05) is 14.1 Å². The molecule has 16 heavy (non-hydrogen) atoms. The van der Waals surface area contributed by atoms with Crippen LogP contribution in [0.2, 0.25) is 0 Å². The Morgan fingerprint density at radius 3 is 2.56 bits per heavy atom. The van der Waals surface area contributed by atoms with Crippen molar-refractivity contribution in [1.82, 2.24) is 4.90 Å². The third kappa shape index (κ3) is 3.21. The lowest BCUT2D eigenvalue weighted by Crippen LogP contribution is -2.37. The van der Waals surface area contributed by atoms with Crippen LogP contribution in [0.3, 0.4) is 0 Å². The molecule has 0 saturated heterocycles. The van der Waals surface area contributed by atoms with E-state index in [2.05, 4.69) is 15.9 Å². The molecule has 0 aromatic heterocycles. The van der Waals surface area contributed by atoms with E-state index in [9.17, 15) is 9.90 Å². The van der Waals surface area contributed by atoms with Crippen LogP contribution in [0.1, 0.15) is 5.56 Å². The third-order valence-electron chi connectivity index (χ3n) is 2.35. The summed E-state index contributed by atoms with van der Waals surface area (Å²) < 4.78 is 0.577. The fraction of sp³-hybridized carbons (Fsp3) is 0.364. The molecule has 0 aliphatic heterocycles. The molecule has 0 radical (unpaired) electrons. The van der Waals surface area contributed by atoms with Gasteiger partial charge in [0, 0.05) is 0 Å². The average Bonchev–Trinajstić information content (AvgIpc) is 2.18. The zero-order chi connectivity index (χ0) is 12.3. The Balaban J connectivity index is 2.86. The SMILES string of the molecule is CN(C)[C@@H](Cc1ccc(O)c(Br)c1)C(=O)O. The summed E-state index contributed by atoms with van der Waals surface area (Å²) in [6.07, 6.45) is 0.404. The molecule has 0 saturated carbocycles. The first-order valence-electron chi connectivity index (χ1n) is 4.78. The molecule has 0 heterocycles. The van der Waals surface area contributed by atoms with E-state index in [4.69, 9.17) is 5.11 Å². The predicted octanol–water partition coefficient (Wildman–Crippen LogP) is 1.71. The highest BCUT2D eigenvalue weighted by Crippen LogP contribution is 2.25. The van der Waals surface area contributed by atoms with Crippen LogP contribution in [-0.2, 0) is 11.2 Å². The molecule has 5 heteroatoms. The van der Waals surface area contributed by atoms with Gasteiger partial charge in [0.2, 0.25) is 0 Å². The van der Waals surface area contributed by atoms with E-state index < -0.39 is 12.0 Å². The number of hydrogen-bond acceptors (Lipinski definition) is 3. The van der Waals surface area contributed by atoms with Gasteiger partial charge in [-0.25, -0.2) is 0 Å². The number of phenols is 1. The summed E-state index contributed by atoms with van der Waals surface area (Å²) in [6, 6.07) is 4.44. The Morgan fingerprint density at radius 2 is 2.12 bits per heavy atom. The minimum absolute atomic E-state index is 0.153. The Labute approximate surface area is 103 Å². The van der Waals surface area contributed by atoms with E-state index in [0.717, 1.165) is 5.56 Å². The van der Waals surface area contributed by atoms with Gasteiger partial charge >= 0.3 is 5.97 Å². The molecule has 0 aliphatic rings. The number of likely N-dealkylation sites (N-methyl/N-ethyl adjacent to an activating group) is 1. The molecule has 0 amide bonds. The van der Waals surface area contributed by atoms with Crippen molar-refractivity contribution in [1.29, 1.82) is 0 Å². The maximum Gasteiger partial charge on any atom is 0.321 e. The van der Waals surface area contributed by atoms with Gasteiger partial charge in [0.1, 0.15) is 11.8 Å². The van der Waals surface area contributed by atoms with Crippen molar-refractivity contribution < 1.29 is 15.0 Å². The second-order valence-electron chi connectivity index (χ2n) is 3.81. The monoisotopic (exact) mass is 287 g/mol. The summed E-state index contributed by atoms with van der Waals surface area (Å²) >= 11 is 3.20. The van der Waals surface area contributed by atoms with Gasteiger partial charge in [-0.15, -0.1) is 0 Å². The summed E-state index contributed by atoms with van der Waals surface area (Å²) in [5.41, 5.74) is 0.866. The summed E-state index contributed by atoms with van der Waals surface area (Å²) in [5, 5.41) is 18.3. The molecule has 4 nitrogen and oxygen atoms in total. The fourth-order valence-electron chi connectivity index (χ4n) is 1.39. The molecule has 0 bridgehead atoms. The quantitative estimate of drug-likeness (QED) is 0.885. The number of carbonyl (C=O) groups is 1. The molecule has 1 rings (SSSR count). The topological polar surface area (TPSA) is 60.8 Å². The van der Waals surface area contributed by atoms with Crippen LogP contribution >= 0.6 is 15.9 Å². The molecule has 0 aliphatic carbocycles. The zero-order valence-electron chi connectivity index (χ0n) is 9.14. The first-order chi connectivity index (χ1) is 7.41. The zero-order valence-corrected chi connectivity index (χ0v) is 10.7. The molecule has 1 aromatic rings. The predicted molar refractivity (Wildman–Crippen MR) is 64.6 cm³/mol. The van der Waals surface area contributed by atoms with Crippen LogP contribution in [0, 0.1) is 0 Å². The van der Waals surface area contributed by atoms with Crippen LogP contribution in [0.4, 0.5) is 0 Å². The molecule has 0 fully saturated rings. The van der Waals surface area contributed by atoms with Crippen molar-refractivity contribution >= 4 is 21.9 Å². The second kappa shape index (κ2) is 5.32. The number of phenolic OH excluding ortho intramolecular Hbond substituents is 1. The van der Waals surface area contributed by atoms with Crippen LogP contribution in [0.5, 0.6) is 5.75 Å². The number of halogens is 1. The van der Waals surface area contributed by atoms with Crippen LogP contribution in [0.25, 0.3) is 0 Å². The normalized spacial score (nSPS) is 12.8. The van der Waals surface area contributed by atoms with Crippen LogP contribution < -0.4 is 0 Å². The van der Waals surface area contributed by atoms with Crippen LogP contribution in [-0.4, -0.2) is 41.2 Å². The van der Waals surface area contributed by atoms with Gasteiger partial charge < -0.3 is 10.2 Å². The first-order valence-corrected chi connectivity index (χ1v) is 5.57. The van der Waals surface area contributed by atoms with Gasteiger partial charge in [-0.1, -0.05) is 6.07 Å². The standard InChI is InChI=1S/C11H14BrNO3/c1-13(2)9(11(15)16)6-7-3-4-10(14)8(12)5-7/h3-5,9,14H,6H2,1-2H3,(H,15,16)/t9-/m0/s1. The number of carboxylic acids is 1. The second-order valence-corrected chi connectivity index (χ2v) is 4.66. The van der Waals surface area contributed by atoms with E-state index in [-0.39, 0.29) is 5.75 Å². The van der Waals surface area contributed by atoms with E-state index in [1.807, 2.05) is 0 Å². The molecular weight excluding hydrogens is 274 g/mol. The number of hydrogen-bond donors (Lipinski definition) is 2. The summed E-state index contributed by atoms with van der Waals surface area (Å²) in [4.78, 5) is 12.7. The van der Waals surface area contributed by atoms with Gasteiger partial charge in [-0.3, -0.25) is 9.69 Å². The summed E-state index contributed by atoms with van der Waals surface area (Å²) in [7, 11) is 3.46. The Bertz CT molecular complexity index is 393. The molecule has 0 unspecified atom stereocenters. The molecule has 1 aromatic carbocycles. The average molecular weight is 288 g/mol. The largest absolute Gasteiger partial charge is 0.507 e. The van der Waals surface area contributed by atoms with E-state index >= 15 is 0 Å². The van der Waals surface area contributed by atoms with Crippen LogP contribution in [0.15, 0.2) is 22.7 Å². The minimum Gasteiger partial charge on any atom is -0.507 e. The van der Waals surface area contributed by atoms with Crippen molar-refractivity contribution in [3.63, 3.8) is 0 Å². The maximum absolute atomic E-state index is 11.0. The number of nitrogens with zero attached hydrogens (tertiary/aromatic N) is 1. The molecule has 1 atom stereocenters. The minimum atomic E-state index is -0.853. The smallest absolute Gasteiger partial charge is 0.321 e. The van der Waals surface area contributed by atoms with Crippen molar-refractivity contribution in [3.05, 3.63) is 28.2 Å². The fourth-order valence-corrected chi connectivity index (χ4v) is 1.82. The third-order valence-corrected chi connectivity index (χ3v) is 2.98. The number of benzene rings is 1. The lowest BCUT2D eigenvalue weighted by Gasteiger charge is -2.20. The summed E-state index contributed by atoms with van der Waals surface area (Å²) in [5.74, 6) is -0.699. The number of aliphatic carboxylic acids is 1. The Kier molecular flexibility index (Phi) is 4.32. The number of rotatable bonds is 4. The molecular formula is C11H14BrNO3. The Morgan fingerprint density at radius 1 is 1.50 bits per heavy atom. The van der Waals surface area contributed by atoms with Crippen molar-refractivity contribution in [2.45, 2.75) is 12.5 Å². The van der Waals surface area contributed by atoms with E-state index in [1.165, 1.54) is 0 Å². The lowest BCUT2D eigenvalue weighted by molar-refractivity contribution is -0.142. The highest BCUT2D eigenvalue weighted by atomic mass is 79.9. The first kappa shape index (κ1) is 13.0. The maximum atomic E-state index is 11.0.